The molecule has 0 spiro atoms. The summed E-state index contributed by atoms with van der Waals surface area (Å²) in [6.45, 7) is 13.7. The zero-order chi connectivity index (χ0) is 33.9. The van der Waals surface area contributed by atoms with Crippen molar-refractivity contribution in [2.24, 2.45) is 5.73 Å². The molecular formula is C31H59ClN9O5P. The van der Waals surface area contributed by atoms with Crippen LogP contribution in [0.5, 0.6) is 0 Å². The van der Waals surface area contributed by atoms with E-state index in [1.165, 1.54) is 0 Å². The third-order valence-corrected chi connectivity index (χ3v) is 8.92. The number of hydrogen-bond donors (Lipinski definition) is 5. The zero-order valence-electron chi connectivity index (χ0n) is 29.1. The first kappa shape index (κ1) is 42.7. The van der Waals surface area contributed by atoms with Gasteiger partial charge in [0.15, 0.2) is 17.0 Å². The molecule has 7 N–H and O–H groups in total. The molecule has 47 heavy (non-hydrogen) atoms. The number of nitrogens with one attached hydrogen (secondary N) is 3. The molecule has 3 atom stereocenters. The van der Waals surface area contributed by atoms with Crippen LogP contribution in [0.4, 0.5) is 11.8 Å². The van der Waals surface area contributed by atoms with E-state index in [9.17, 15) is 9.59 Å². The number of rotatable bonds is 22. The molecule has 1 saturated carbocycles. The second-order valence-corrected chi connectivity index (χ2v) is 13.2. The Hall–Kier alpha value is -2.35. The molecule has 270 valence electrons. The second-order valence-electron chi connectivity index (χ2n) is 11.5. The molecule has 1 aliphatic carbocycles. The summed E-state index contributed by atoms with van der Waals surface area (Å²) < 4.78 is 18.9. The van der Waals surface area contributed by atoms with Crippen LogP contribution < -0.4 is 27.0 Å². The number of esters is 2. The van der Waals surface area contributed by atoms with Crippen LogP contribution in [0.3, 0.4) is 0 Å². The first-order chi connectivity index (χ1) is 22.2. The van der Waals surface area contributed by atoms with E-state index in [1.54, 1.807) is 6.33 Å². The van der Waals surface area contributed by atoms with Crippen molar-refractivity contribution in [3.05, 3.63) is 6.33 Å². The van der Waals surface area contributed by atoms with Crippen molar-refractivity contribution in [3.63, 3.8) is 0 Å². The van der Waals surface area contributed by atoms with Crippen LogP contribution in [-0.4, -0.2) is 81.8 Å². The Labute approximate surface area is 287 Å². The molecular weight excluding hydrogens is 645 g/mol. The van der Waals surface area contributed by atoms with E-state index >= 15 is 0 Å². The summed E-state index contributed by atoms with van der Waals surface area (Å²) in [6.07, 6.45) is 9.89. The molecule has 2 aromatic rings. The predicted octanol–water partition coefficient (Wildman–Crippen LogP) is 4.86. The van der Waals surface area contributed by atoms with Crippen molar-refractivity contribution in [1.82, 2.24) is 29.7 Å². The summed E-state index contributed by atoms with van der Waals surface area (Å²) in [5.41, 5.74) is 12.6. The number of imidazole rings is 1. The normalized spacial score (nSPS) is 14.5. The molecule has 3 rings (SSSR count). The van der Waals surface area contributed by atoms with Crippen LogP contribution in [0.1, 0.15) is 99.3 Å². The van der Waals surface area contributed by atoms with Gasteiger partial charge in [0.2, 0.25) is 5.95 Å². The number of unbranched alkanes of at least 4 members (excludes halogenated alkanes) is 2. The zero-order valence-corrected chi connectivity index (χ0v) is 30.8. The summed E-state index contributed by atoms with van der Waals surface area (Å²) in [4.78, 5) is 38.6. The topological polar surface area (TPSA) is 194 Å². The van der Waals surface area contributed by atoms with Crippen molar-refractivity contribution in [2.75, 3.05) is 37.2 Å². The fourth-order valence-electron chi connectivity index (χ4n) is 3.91. The van der Waals surface area contributed by atoms with E-state index < -0.39 is 20.3 Å². The van der Waals surface area contributed by atoms with Gasteiger partial charge in [-0.25, -0.2) is 4.98 Å². The largest absolute Gasteiger partial charge is 0.465 e. The van der Waals surface area contributed by atoms with Crippen LogP contribution in [0.15, 0.2) is 6.33 Å². The molecule has 0 unspecified atom stereocenters. The third-order valence-electron chi connectivity index (χ3n) is 7.23. The Morgan fingerprint density at radius 1 is 0.957 bits per heavy atom. The lowest BCUT2D eigenvalue weighted by atomic mass is 10.2. The smallest absolute Gasteiger partial charge is 0.323 e. The van der Waals surface area contributed by atoms with E-state index in [1.807, 2.05) is 39.2 Å². The van der Waals surface area contributed by atoms with Crippen LogP contribution in [0.25, 0.3) is 11.2 Å². The Morgan fingerprint density at radius 3 is 1.98 bits per heavy atom. The van der Waals surface area contributed by atoms with Crippen LogP contribution in [0.2, 0.25) is 0 Å². The van der Waals surface area contributed by atoms with E-state index in [2.05, 4.69) is 37.4 Å². The Bertz CT molecular complexity index is 1140. The average molecular weight is 704 g/mol. The summed E-state index contributed by atoms with van der Waals surface area (Å²) in [5, 5.41) is 10.1. The number of ether oxygens (including phenoxy) is 3. The summed E-state index contributed by atoms with van der Waals surface area (Å²) >= 11 is 0. The molecule has 0 bridgehead atoms. The molecule has 0 amide bonds. The molecule has 2 aromatic heterocycles. The maximum absolute atomic E-state index is 12.7. The van der Waals surface area contributed by atoms with E-state index in [0.29, 0.717) is 68.3 Å². The summed E-state index contributed by atoms with van der Waals surface area (Å²) in [7, 11) is -1.27. The first-order valence-electron chi connectivity index (χ1n) is 16.9. The fraction of sp³-hybridized carbons (Fsp3) is 0.774. The minimum atomic E-state index is -1.27. The second kappa shape index (κ2) is 23.9. The molecule has 1 aliphatic rings. The Morgan fingerprint density at radius 2 is 1.51 bits per heavy atom. The molecule has 0 saturated heterocycles. The van der Waals surface area contributed by atoms with Gasteiger partial charge < -0.3 is 35.6 Å². The van der Waals surface area contributed by atoms with Gasteiger partial charge in [-0.2, -0.15) is 9.97 Å². The number of fused-ring (bicyclic) bond motifs is 1. The van der Waals surface area contributed by atoms with Gasteiger partial charge in [-0.05, 0) is 51.9 Å². The summed E-state index contributed by atoms with van der Waals surface area (Å²) in [5.74, 6) is 0.241. The first-order valence-corrected chi connectivity index (χ1v) is 18.4. The van der Waals surface area contributed by atoms with Gasteiger partial charge in [0.05, 0.1) is 40.7 Å². The number of nitrogens with two attached hydrogens (primary N) is 2. The molecule has 1 fully saturated rings. The SMILES string of the molecule is CCCCOC(=O)[C@H](CC)NP(COCCn1cnc2c(NC3CC3)nc(N)nc21)N[C@@H](CC)C(=O)OCCCC.CC[C@@H](C)N.Cl. The number of nitrogen functional groups attached to an aromatic ring is 1. The number of aromatic nitrogens is 4. The number of carbonyl (C=O) groups is 2. The van der Waals surface area contributed by atoms with Crippen LogP contribution >= 0.6 is 20.6 Å². The van der Waals surface area contributed by atoms with Crippen molar-refractivity contribution in [1.29, 1.82) is 0 Å². The van der Waals surface area contributed by atoms with Crippen LogP contribution in [-0.2, 0) is 30.3 Å². The van der Waals surface area contributed by atoms with Gasteiger partial charge in [0.25, 0.3) is 0 Å². The molecule has 16 heteroatoms. The van der Waals surface area contributed by atoms with Gasteiger partial charge in [-0.1, -0.05) is 47.5 Å². The van der Waals surface area contributed by atoms with Gasteiger partial charge in [-0.3, -0.25) is 19.8 Å². The molecule has 14 nitrogen and oxygen atoms in total. The highest BCUT2D eigenvalue weighted by molar-refractivity contribution is 7.53. The number of hydrogen-bond acceptors (Lipinski definition) is 13. The third kappa shape index (κ3) is 16.1. The fourth-order valence-corrected chi connectivity index (χ4v) is 5.77. The lowest BCUT2D eigenvalue weighted by molar-refractivity contribution is -0.146. The van der Waals surface area contributed by atoms with Crippen molar-refractivity contribution >= 4 is 55.5 Å². The maximum Gasteiger partial charge on any atom is 0.323 e. The highest BCUT2D eigenvalue weighted by Gasteiger charge is 2.27. The number of nitrogens with zero attached hydrogens (tertiary/aromatic N) is 4. The average Bonchev–Trinajstić information content (AvgIpc) is 3.77. The van der Waals surface area contributed by atoms with E-state index in [0.717, 1.165) is 44.9 Å². The lowest BCUT2D eigenvalue weighted by Crippen LogP contribution is -2.42. The molecule has 0 radical (unpaired) electrons. The van der Waals surface area contributed by atoms with Gasteiger partial charge in [0, 0.05) is 18.6 Å². The highest BCUT2D eigenvalue weighted by Crippen LogP contribution is 2.30. The maximum atomic E-state index is 12.7. The van der Waals surface area contributed by atoms with Crippen LogP contribution in [0, 0.1) is 0 Å². The van der Waals surface area contributed by atoms with Gasteiger partial charge >= 0.3 is 11.9 Å². The monoisotopic (exact) mass is 703 g/mol. The standard InChI is InChI=1S/C27H47N8O5P.C4H11N.ClH/c1-5-9-14-39-25(36)20(7-3)33-41(34-21(8-4)26(37)40-15-10-6-2)18-38-16-13-35-17-29-22-23(30-19-11-12-19)31-27(28)32-24(22)35;1-3-4(2)5;/h17,19-21,33-34H,5-16,18H2,1-4H3,(H3,28,30,31,32);4H,3,5H2,1-2H3;1H/t20-,21-;4-;/m01./s1. The molecule has 0 aromatic carbocycles. The minimum Gasteiger partial charge on any atom is -0.465 e. The van der Waals surface area contributed by atoms with Crippen molar-refractivity contribution in [3.8, 4) is 0 Å². The van der Waals surface area contributed by atoms with Gasteiger partial charge in [0.1, 0.15) is 12.1 Å². The molecule has 2 heterocycles. The molecule has 0 aliphatic heterocycles. The van der Waals surface area contributed by atoms with E-state index in [4.69, 9.17) is 25.7 Å². The van der Waals surface area contributed by atoms with E-state index in [-0.39, 0.29) is 36.6 Å². The Kier molecular flexibility index (Phi) is 21.7. The van der Waals surface area contributed by atoms with Crippen molar-refractivity contribution in [2.45, 2.75) is 130 Å². The minimum absolute atomic E-state index is 0. The lowest BCUT2D eigenvalue weighted by Gasteiger charge is -2.28. The van der Waals surface area contributed by atoms with Crippen molar-refractivity contribution < 1.29 is 23.8 Å². The Balaban J connectivity index is 0.00000171. The van der Waals surface area contributed by atoms with Gasteiger partial charge in [-0.15, -0.1) is 12.4 Å². The quantitative estimate of drug-likeness (QED) is 0.0635. The predicted molar refractivity (Wildman–Crippen MR) is 191 cm³/mol. The number of carbonyl (C=O) groups excluding carboxylic acids is 2. The number of halogens is 1. The summed E-state index contributed by atoms with van der Waals surface area (Å²) in [6, 6.07) is -0.239. The number of anilines is 2. The highest BCUT2D eigenvalue weighted by atomic mass is 35.5.